The number of nitrogens with zero attached hydrogens (tertiary/aromatic N) is 3. The first-order chi connectivity index (χ1) is 13.6. The maximum Gasteiger partial charge on any atom is 0.233 e. The van der Waals surface area contributed by atoms with Crippen molar-refractivity contribution in [2.75, 3.05) is 6.54 Å². The number of nitrogens with one attached hydrogen (secondary N) is 1. The smallest absolute Gasteiger partial charge is 0.233 e. The molecule has 0 aliphatic heterocycles. The normalized spacial score (nSPS) is 11.8. The summed E-state index contributed by atoms with van der Waals surface area (Å²) >= 11 is 7.42. The van der Waals surface area contributed by atoms with Gasteiger partial charge >= 0.3 is 0 Å². The van der Waals surface area contributed by atoms with Crippen LogP contribution in [0.4, 0.5) is 0 Å². The molecule has 0 fully saturated rings. The minimum absolute atomic E-state index is 0.0693. The Morgan fingerprint density at radius 3 is 2.61 bits per heavy atom. The third kappa shape index (κ3) is 5.03. The molecule has 28 heavy (non-hydrogen) atoms. The summed E-state index contributed by atoms with van der Waals surface area (Å²) < 4.78 is 1.98. The predicted octanol–water partition coefficient (Wildman–Crippen LogP) is 4.29. The minimum atomic E-state index is -0.320. The number of carbonyl (C=O) groups is 1. The second-order valence-corrected chi connectivity index (χ2v) is 7.91. The lowest BCUT2D eigenvalue weighted by molar-refractivity contribution is -0.120. The average Bonchev–Trinajstić information content (AvgIpc) is 3.09. The van der Waals surface area contributed by atoms with Crippen molar-refractivity contribution < 1.29 is 4.79 Å². The number of benzene rings is 2. The van der Waals surface area contributed by atoms with Gasteiger partial charge < -0.3 is 5.32 Å². The third-order valence-corrected chi connectivity index (χ3v) is 5.36. The van der Waals surface area contributed by atoms with Crippen molar-refractivity contribution in [3.8, 4) is 5.69 Å². The third-order valence-electron chi connectivity index (χ3n) is 4.06. The van der Waals surface area contributed by atoms with Crippen LogP contribution in [0.2, 0.25) is 5.02 Å². The standard InChI is InChI=1S/C21H21ClN4OS/c1-3-13-23-20(27)15(2)28-21-25-24-19(14-16-7-5-4-6-8-16)26(21)18-11-9-17(22)10-12-18/h3-12,15H,1,13-14H2,2H3,(H,23,27). The highest BCUT2D eigenvalue weighted by atomic mass is 35.5. The molecule has 0 spiro atoms. The second-order valence-electron chi connectivity index (χ2n) is 6.17. The molecule has 0 saturated carbocycles. The molecule has 1 amide bonds. The molecule has 1 atom stereocenters. The predicted molar refractivity (Wildman–Crippen MR) is 114 cm³/mol. The second kappa shape index (κ2) is 9.57. The fourth-order valence-corrected chi connectivity index (χ4v) is 3.68. The molecule has 0 bridgehead atoms. The molecule has 0 aliphatic carbocycles. The van der Waals surface area contributed by atoms with E-state index in [1.54, 1.807) is 6.08 Å². The maximum atomic E-state index is 12.2. The summed E-state index contributed by atoms with van der Waals surface area (Å²) in [5.74, 6) is 0.731. The lowest BCUT2D eigenvalue weighted by Gasteiger charge is -2.13. The zero-order valence-electron chi connectivity index (χ0n) is 15.5. The molecule has 3 aromatic rings. The summed E-state index contributed by atoms with van der Waals surface area (Å²) in [5, 5.41) is 12.6. The van der Waals surface area contributed by atoms with Crippen LogP contribution in [0.5, 0.6) is 0 Å². The Morgan fingerprint density at radius 1 is 1.21 bits per heavy atom. The zero-order valence-corrected chi connectivity index (χ0v) is 17.1. The van der Waals surface area contributed by atoms with Crippen LogP contribution in [0.15, 0.2) is 72.4 Å². The first-order valence-electron chi connectivity index (χ1n) is 8.88. The van der Waals surface area contributed by atoms with Gasteiger partial charge in [-0.15, -0.1) is 16.8 Å². The van der Waals surface area contributed by atoms with Crippen LogP contribution in [0.3, 0.4) is 0 Å². The van der Waals surface area contributed by atoms with Gasteiger partial charge in [0.15, 0.2) is 5.16 Å². The molecule has 1 aromatic heterocycles. The number of thioether (sulfide) groups is 1. The van der Waals surface area contributed by atoms with E-state index >= 15 is 0 Å². The molecule has 1 heterocycles. The lowest BCUT2D eigenvalue weighted by atomic mass is 10.1. The molecule has 1 N–H and O–H groups in total. The molecule has 3 rings (SSSR count). The van der Waals surface area contributed by atoms with Gasteiger partial charge in [-0.2, -0.15) is 0 Å². The van der Waals surface area contributed by atoms with Gasteiger partial charge in [0.1, 0.15) is 5.82 Å². The van der Waals surface area contributed by atoms with E-state index in [0.717, 1.165) is 17.1 Å². The van der Waals surface area contributed by atoms with E-state index in [1.165, 1.54) is 11.8 Å². The van der Waals surface area contributed by atoms with Crippen LogP contribution in [0.1, 0.15) is 18.3 Å². The van der Waals surface area contributed by atoms with Crippen LogP contribution < -0.4 is 5.32 Å². The van der Waals surface area contributed by atoms with E-state index in [1.807, 2.05) is 54.0 Å². The first kappa shape index (κ1) is 20.2. The number of hydrogen-bond donors (Lipinski definition) is 1. The van der Waals surface area contributed by atoms with Gasteiger partial charge in [0, 0.05) is 23.7 Å². The summed E-state index contributed by atoms with van der Waals surface area (Å²) in [7, 11) is 0. The van der Waals surface area contributed by atoms with Crippen LogP contribution in [-0.4, -0.2) is 32.5 Å². The van der Waals surface area contributed by atoms with Gasteiger partial charge in [-0.1, -0.05) is 59.8 Å². The highest BCUT2D eigenvalue weighted by Gasteiger charge is 2.21. The van der Waals surface area contributed by atoms with Gasteiger partial charge in [-0.3, -0.25) is 9.36 Å². The Morgan fingerprint density at radius 2 is 1.93 bits per heavy atom. The van der Waals surface area contributed by atoms with Crippen LogP contribution in [-0.2, 0) is 11.2 Å². The van der Waals surface area contributed by atoms with Crippen LogP contribution >= 0.6 is 23.4 Å². The maximum absolute atomic E-state index is 12.2. The largest absolute Gasteiger partial charge is 0.352 e. The molecule has 0 aliphatic rings. The van der Waals surface area contributed by atoms with Gasteiger partial charge in [0.2, 0.25) is 5.91 Å². The Balaban J connectivity index is 1.92. The molecule has 2 aromatic carbocycles. The topological polar surface area (TPSA) is 59.8 Å². The van der Waals surface area contributed by atoms with Crippen molar-refractivity contribution in [3.63, 3.8) is 0 Å². The summed E-state index contributed by atoms with van der Waals surface area (Å²) in [4.78, 5) is 12.2. The number of hydrogen-bond acceptors (Lipinski definition) is 4. The van der Waals surface area contributed by atoms with E-state index in [4.69, 9.17) is 11.6 Å². The van der Waals surface area contributed by atoms with Gasteiger partial charge in [0.25, 0.3) is 0 Å². The van der Waals surface area contributed by atoms with Crippen molar-refractivity contribution in [3.05, 3.63) is 83.7 Å². The molecule has 0 radical (unpaired) electrons. The van der Waals surface area contributed by atoms with Crippen LogP contribution in [0, 0.1) is 0 Å². The number of rotatable bonds is 8. The number of amides is 1. The fourth-order valence-electron chi connectivity index (χ4n) is 2.65. The number of halogens is 1. The van der Waals surface area contributed by atoms with Gasteiger partial charge in [-0.05, 0) is 36.8 Å². The van der Waals surface area contributed by atoms with Crippen molar-refractivity contribution in [2.24, 2.45) is 0 Å². The van der Waals surface area contributed by atoms with E-state index in [-0.39, 0.29) is 11.2 Å². The van der Waals surface area contributed by atoms with Crippen molar-refractivity contribution in [1.29, 1.82) is 0 Å². The Hall–Kier alpha value is -2.57. The lowest BCUT2D eigenvalue weighted by Crippen LogP contribution is -2.31. The Labute approximate surface area is 173 Å². The van der Waals surface area contributed by atoms with Crippen molar-refractivity contribution in [1.82, 2.24) is 20.1 Å². The quantitative estimate of drug-likeness (QED) is 0.442. The summed E-state index contributed by atoms with van der Waals surface area (Å²) in [5.41, 5.74) is 2.04. The Bertz CT molecular complexity index is 941. The molecular weight excluding hydrogens is 392 g/mol. The molecule has 0 saturated heterocycles. The van der Waals surface area contributed by atoms with Crippen molar-refractivity contribution >= 4 is 29.3 Å². The highest BCUT2D eigenvalue weighted by Crippen LogP contribution is 2.27. The summed E-state index contributed by atoms with van der Waals surface area (Å²) in [6.45, 7) is 5.91. The van der Waals surface area contributed by atoms with E-state index in [9.17, 15) is 4.79 Å². The zero-order chi connectivity index (χ0) is 19.9. The minimum Gasteiger partial charge on any atom is -0.352 e. The van der Waals surface area contributed by atoms with Gasteiger partial charge in [0.05, 0.1) is 5.25 Å². The monoisotopic (exact) mass is 412 g/mol. The Kier molecular flexibility index (Phi) is 6.90. The molecular formula is C21H21ClN4OS. The number of aromatic nitrogens is 3. The van der Waals surface area contributed by atoms with E-state index in [0.29, 0.717) is 23.1 Å². The van der Waals surface area contributed by atoms with E-state index in [2.05, 4.69) is 34.2 Å². The molecule has 144 valence electrons. The molecule has 5 nitrogen and oxygen atoms in total. The van der Waals surface area contributed by atoms with Gasteiger partial charge in [-0.25, -0.2) is 0 Å². The average molecular weight is 413 g/mol. The van der Waals surface area contributed by atoms with Crippen molar-refractivity contribution in [2.45, 2.75) is 23.8 Å². The SMILES string of the molecule is C=CCNC(=O)C(C)Sc1nnc(Cc2ccccc2)n1-c1ccc(Cl)cc1. The fraction of sp³-hybridized carbons (Fsp3) is 0.190. The van der Waals surface area contributed by atoms with Crippen LogP contribution in [0.25, 0.3) is 5.69 Å². The molecule has 7 heteroatoms. The first-order valence-corrected chi connectivity index (χ1v) is 10.1. The summed E-state index contributed by atoms with van der Waals surface area (Å²) in [6, 6.07) is 17.6. The summed E-state index contributed by atoms with van der Waals surface area (Å²) in [6.07, 6.45) is 2.29. The van der Waals surface area contributed by atoms with E-state index < -0.39 is 0 Å². The highest BCUT2D eigenvalue weighted by molar-refractivity contribution is 8.00. The molecule has 1 unspecified atom stereocenters. The number of carbonyl (C=O) groups excluding carboxylic acids is 1.